The van der Waals surface area contributed by atoms with Gasteiger partial charge in [0.1, 0.15) is 17.4 Å². The lowest BCUT2D eigenvalue weighted by Gasteiger charge is -2.29. The van der Waals surface area contributed by atoms with Crippen molar-refractivity contribution in [3.63, 3.8) is 0 Å². The van der Waals surface area contributed by atoms with Crippen molar-refractivity contribution < 1.29 is 4.42 Å². The van der Waals surface area contributed by atoms with Gasteiger partial charge >= 0.3 is 0 Å². The molecule has 0 spiro atoms. The second-order valence-electron chi connectivity index (χ2n) is 15.6. The van der Waals surface area contributed by atoms with Crippen molar-refractivity contribution in [2.24, 2.45) is 5.92 Å². The molecule has 9 aromatic rings. The van der Waals surface area contributed by atoms with Crippen molar-refractivity contribution in [2.45, 2.75) is 19.4 Å². The summed E-state index contributed by atoms with van der Waals surface area (Å²) in [6.07, 6.45) is 5.77. The van der Waals surface area contributed by atoms with Crippen LogP contribution in [0.2, 0.25) is 0 Å². The normalized spacial score (nSPS) is 15.7. The van der Waals surface area contributed by atoms with E-state index < -0.39 is 0 Å². The van der Waals surface area contributed by atoms with Gasteiger partial charge in [-0.05, 0) is 63.4 Å². The highest BCUT2D eigenvalue weighted by Gasteiger charge is 2.33. The third kappa shape index (κ3) is 6.41. The van der Waals surface area contributed by atoms with Gasteiger partial charge in [0.05, 0.1) is 0 Å². The van der Waals surface area contributed by atoms with Crippen LogP contribution in [0.3, 0.4) is 0 Å². The number of aromatic nitrogens is 3. The van der Waals surface area contributed by atoms with Gasteiger partial charge < -0.3 is 9.73 Å². The molecule has 0 saturated carbocycles. The van der Waals surface area contributed by atoms with Crippen LogP contribution >= 0.6 is 0 Å². The molecule has 3 heterocycles. The molecule has 0 bridgehead atoms. The smallest absolute Gasteiger partial charge is 0.164 e. The van der Waals surface area contributed by atoms with Crippen LogP contribution in [-0.4, -0.2) is 15.0 Å². The lowest BCUT2D eigenvalue weighted by atomic mass is 9.80. The van der Waals surface area contributed by atoms with Crippen LogP contribution in [0.1, 0.15) is 41.8 Å². The van der Waals surface area contributed by atoms with Gasteiger partial charge in [-0.2, -0.15) is 0 Å². The van der Waals surface area contributed by atoms with Gasteiger partial charge in [-0.1, -0.05) is 189 Å². The second-order valence-corrected chi connectivity index (χ2v) is 15.6. The molecule has 2 atom stereocenters. The number of hydrogen-bond donors (Lipinski definition) is 1. The average molecular weight is 773 g/mol. The van der Waals surface area contributed by atoms with Gasteiger partial charge in [-0.15, -0.1) is 0 Å². The first-order valence-electron chi connectivity index (χ1n) is 20.6. The molecule has 0 saturated heterocycles. The molecule has 5 nitrogen and oxygen atoms in total. The van der Waals surface area contributed by atoms with E-state index in [4.69, 9.17) is 19.4 Å². The number of anilines is 1. The molecule has 7 aromatic carbocycles. The zero-order valence-electron chi connectivity index (χ0n) is 33.1. The fraction of sp³-hybridized carbons (Fsp3) is 0.0727. The first-order chi connectivity index (χ1) is 29.6. The topological polar surface area (TPSA) is 63.8 Å². The summed E-state index contributed by atoms with van der Waals surface area (Å²) in [5, 5.41) is 5.03. The number of nitrogens with zero attached hydrogens (tertiary/aromatic N) is 3. The van der Waals surface area contributed by atoms with E-state index in [-0.39, 0.29) is 6.04 Å². The SMILES string of the molecule is CC1CC=C(c2cccc3c2-c2c(oc4ccccc24)C(c2ccc(-c4nc(-c5ccccc5)nc(-c5ccc(-c6ccccc6)cc5)n4)cc2)N3)C=C1c1ccccc1. The van der Waals surface area contributed by atoms with Crippen molar-refractivity contribution in [3.05, 3.63) is 217 Å². The fourth-order valence-electron chi connectivity index (χ4n) is 8.77. The minimum atomic E-state index is -0.211. The molecule has 0 fully saturated rings. The number of rotatable bonds is 7. The Bertz CT molecular complexity index is 3080. The summed E-state index contributed by atoms with van der Waals surface area (Å²) < 4.78 is 6.81. The summed E-state index contributed by atoms with van der Waals surface area (Å²) in [7, 11) is 0. The molecule has 11 rings (SSSR count). The zero-order valence-corrected chi connectivity index (χ0v) is 33.1. The van der Waals surface area contributed by atoms with Gasteiger partial charge in [0.2, 0.25) is 0 Å². The molecule has 5 heteroatoms. The highest BCUT2D eigenvalue weighted by molar-refractivity contribution is 6.06. The molecular formula is C55H40N4O. The minimum absolute atomic E-state index is 0.211. The highest BCUT2D eigenvalue weighted by Crippen LogP contribution is 2.51. The third-order valence-electron chi connectivity index (χ3n) is 11.9. The molecule has 2 aromatic heterocycles. The maximum atomic E-state index is 6.81. The molecular weight excluding hydrogens is 733 g/mol. The van der Waals surface area contributed by atoms with Crippen LogP contribution in [0.25, 0.3) is 78.5 Å². The molecule has 0 radical (unpaired) electrons. The van der Waals surface area contributed by atoms with E-state index in [9.17, 15) is 0 Å². The Balaban J connectivity index is 0.973. The standard InChI is InChI=1S/C55H40N4O/c1-35-24-25-43(34-46(35)38-16-7-3-8-17-38)44-21-13-22-47-49(44)50-45-20-11-12-23-48(45)60-52(50)51(56-47)39-28-32-42(33-29-39)55-58-53(40-18-9-4-10-19-40)57-54(59-55)41-30-26-37(27-31-41)36-14-5-2-6-15-36/h2-23,25-35,51,56H,24H2,1H3. The predicted octanol–water partition coefficient (Wildman–Crippen LogP) is 14.0. The Morgan fingerprint density at radius 2 is 1.03 bits per heavy atom. The van der Waals surface area contributed by atoms with Crippen LogP contribution in [0.15, 0.2) is 199 Å². The van der Waals surface area contributed by atoms with E-state index in [1.807, 2.05) is 42.5 Å². The van der Waals surface area contributed by atoms with Crippen LogP contribution in [-0.2, 0) is 0 Å². The molecule has 1 aliphatic heterocycles. The van der Waals surface area contributed by atoms with Crippen LogP contribution < -0.4 is 5.32 Å². The van der Waals surface area contributed by atoms with E-state index in [2.05, 4.69) is 164 Å². The Morgan fingerprint density at radius 3 is 1.70 bits per heavy atom. The summed E-state index contributed by atoms with van der Waals surface area (Å²) in [5.41, 5.74) is 15.5. The summed E-state index contributed by atoms with van der Waals surface area (Å²) in [5.74, 6) is 3.23. The largest absolute Gasteiger partial charge is 0.458 e. The monoisotopic (exact) mass is 772 g/mol. The van der Waals surface area contributed by atoms with Crippen molar-refractivity contribution in [1.82, 2.24) is 15.0 Å². The van der Waals surface area contributed by atoms with Gasteiger partial charge in [-0.25, -0.2) is 15.0 Å². The van der Waals surface area contributed by atoms with E-state index >= 15 is 0 Å². The predicted molar refractivity (Wildman–Crippen MR) is 245 cm³/mol. The number of allylic oxidation sites excluding steroid dienone is 4. The number of hydrogen-bond acceptors (Lipinski definition) is 5. The fourth-order valence-corrected chi connectivity index (χ4v) is 8.77. The van der Waals surface area contributed by atoms with E-state index in [1.165, 1.54) is 33.4 Å². The number of fused-ring (bicyclic) bond motifs is 5. The molecule has 0 amide bonds. The number of para-hydroxylation sites is 1. The maximum absolute atomic E-state index is 6.81. The average Bonchev–Trinajstić information content (AvgIpc) is 3.72. The summed E-state index contributed by atoms with van der Waals surface area (Å²) in [6.45, 7) is 2.32. The molecule has 1 aliphatic carbocycles. The lowest BCUT2D eigenvalue weighted by molar-refractivity contribution is 0.536. The Hall–Kier alpha value is -7.63. The molecule has 2 unspecified atom stereocenters. The molecule has 60 heavy (non-hydrogen) atoms. The van der Waals surface area contributed by atoms with Gasteiger partial charge in [0, 0.05) is 38.9 Å². The van der Waals surface area contributed by atoms with Crippen LogP contribution in [0.5, 0.6) is 0 Å². The third-order valence-corrected chi connectivity index (χ3v) is 11.9. The van der Waals surface area contributed by atoms with Crippen molar-refractivity contribution in [2.75, 3.05) is 5.32 Å². The molecule has 2 aliphatic rings. The summed E-state index contributed by atoms with van der Waals surface area (Å²) in [4.78, 5) is 15.0. The Kier molecular flexibility index (Phi) is 8.85. The van der Waals surface area contributed by atoms with Crippen molar-refractivity contribution in [1.29, 1.82) is 0 Å². The first kappa shape index (κ1) is 35.5. The summed E-state index contributed by atoms with van der Waals surface area (Å²) >= 11 is 0. The highest BCUT2D eigenvalue weighted by atomic mass is 16.3. The number of furan rings is 1. The number of nitrogens with one attached hydrogen (secondary N) is 1. The van der Waals surface area contributed by atoms with Gasteiger partial charge in [-0.3, -0.25) is 0 Å². The maximum Gasteiger partial charge on any atom is 0.164 e. The van der Waals surface area contributed by atoms with E-state index in [0.29, 0.717) is 23.4 Å². The Labute approximate surface area is 349 Å². The molecule has 286 valence electrons. The zero-order chi connectivity index (χ0) is 40.0. The minimum Gasteiger partial charge on any atom is -0.458 e. The first-order valence-corrected chi connectivity index (χ1v) is 20.6. The van der Waals surface area contributed by atoms with E-state index in [0.717, 1.165) is 62.2 Å². The van der Waals surface area contributed by atoms with Gasteiger partial charge in [0.15, 0.2) is 17.5 Å². The lowest BCUT2D eigenvalue weighted by Crippen LogP contribution is -2.18. The Morgan fingerprint density at radius 1 is 0.500 bits per heavy atom. The second kappa shape index (κ2) is 14.9. The van der Waals surface area contributed by atoms with Crippen molar-refractivity contribution >= 4 is 27.8 Å². The van der Waals surface area contributed by atoms with Crippen LogP contribution in [0.4, 0.5) is 5.69 Å². The van der Waals surface area contributed by atoms with Gasteiger partial charge in [0.25, 0.3) is 0 Å². The van der Waals surface area contributed by atoms with Crippen molar-refractivity contribution in [3.8, 4) is 56.4 Å². The quantitative estimate of drug-likeness (QED) is 0.175. The van der Waals surface area contributed by atoms with Crippen LogP contribution in [0, 0.1) is 5.92 Å². The molecule has 1 N–H and O–H groups in total. The van der Waals surface area contributed by atoms with E-state index in [1.54, 1.807) is 0 Å². The summed E-state index contributed by atoms with van der Waals surface area (Å²) in [6, 6.07) is 63.1. The number of benzene rings is 7.